The van der Waals surface area contributed by atoms with Gasteiger partial charge in [0.05, 0.1) is 18.6 Å². The van der Waals surface area contributed by atoms with Crippen molar-refractivity contribution in [1.82, 2.24) is 4.90 Å². The summed E-state index contributed by atoms with van der Waals surface area (Å²) in [4.78, 5) is 25.3. The number of ether oxygens (including phenoxy) is 2. The lowest BCUT2D eigenvalue weighted by Crippen LogP contribution is -2.45. The van der Waals surface area contributed by atoms with Crippen LogP contribution in [-0.2, 0) is 4.79 Å². The van der Waals surface area contributed by atoms with E-state index in [9.17, 15) is 23.5 Å². The zero-order valence-electron chi connectivity index (χ0n) is 13.4. The molecule has 1 aliphatic rings. The summed E-state index contributed by atoms with van der Waals surface area (Å²) >= 11 is 0. The predicted octanol–water partition coefficient (Wildman–Crippen LogP) is 2.48. The summed E-state index contributed by atoms with van der Waals surface area (Å²) in [7, 11) is 1.28. The lowest BCUT2D eigenvalue weighted by molar-refractivity contribution is -0.143. The number of carbonyl (C=O) groups is 2. The average molecular weight is 343 g/mol. The average Bonchev–Trinajstić information content (AvgIpc) is 2.53. The van der Waals surface area contributed by atoms with Gasteiger partial charge in [-0.1, -0.05) is 13.0 Å². The van der Waals surface area contributed by atoms with E-state index in [-0.39, 0.29) is 29.5 Å². The number of carbonyl (C=O) groups excluding carboxylic acids is 1. The zero-order valence-corrected chi connectivity index (χ0v) is 13.4. The van der Waals surface area contributed by atoms with Gasteiger partial charge in [0.15, 0.2) is 11.5 Å². The van der Waals surface area contributed by atoms with Crippen molar-refractivity contribution in [1.29, 1.82) is 0 Å². The van der Waals surface area contributed by atoms with Crippen LogP contribution >= 0.6 is 0 Å². The van der Waals surface area contributed by atoms with Crippen LogP contribution < -0.4 is 9.47 Å². The van der Waals surface area contributed by atoms with Crippen LogP contribution in [0.3, 0.4) is 0 Å². The van der Waals surface area contributed by atoms with Gasteiger partial charge in [0.25, 0.3) is 5.91 Å². The Morgan fingerprint density at radius 1 is 1.33 bits per heavy atom. The first-order valence-electron chi connectivity index (χ1n) is 7.47. The number of piperidine rings is 1. The Morgan fingerprint density at radius 3 is 2.62 bits per heavy atom. The number of benzene rings is 1. The summed E-state index contributed by atoms with van der Waals surface area (Å²) in [5.41, 5.74) is -0.0760. The second-order valence-corrected chi connectivity index (χ2v) is 5.80. The Kier molecular flexibility index (Phi) is 5.58. The van der Waals surface area contributed by atoms with Gasteiger partial charge in [-0.05, 0) is 24.5 Å². The molecule has 0 spiro atoms. The van der Waals surface area contributed by atoms with E-state index >= 15 is 0 Å². The molecule has 24 heavy (non-hydrogen) atoms. The van der Waals surface area contributed by atoms with Crippen molar-refractivity contribution in [3.8, 4) is 11.5 Å². The minimum absolute atomic E-state index is 0.00567. The number of aliphatic carboxylic acids is 1. The predicted molar refractivity (Wildman–Crippen MR) is 80.4 cm³/mol. The topological polar surface area (TPSA) is 76.1 Å². The van der Waals surface area contributed by atoms with E-state index in [4.69, 9.17) is 4.74 Å². The highest BCUT2D eigenvalue weighted by Gasteiger charge is 2.34. The van der Waals surface area contributed by atoms with Crippen molar-refractivity contribution in [2.45, 2.75) is 20.0 Å². The smallest absolute Gasteiger partial charge is 0.387 e. The van der Waals surface area contributed by atoms with E-state index in [2.05, 4.69) is 4.74 Å². The zero-order chi connectivity index (χ0) is 17.9. The molecule has 1 heterocycles. The molecule has 1 fully saturated rings. The molecule has 8 heteroatoms. The number of methoxy groups -OCH3 is 1. The minimum Gasteiger partial charge on any atom is -0.493 e. The van der Waals surface area contributed by atoms with E-state index < -0.39 is 24.4 Å². The molecule has 1 aliphatic heterocycles. The molecule has 1 amide bonds. The van der Waals surface area contributed by atoms with Crippen LogP contribution in [-0.4, -0.2) is 48.7 Å². The first-order valence-corrected chi connectivity index (χ1v) is 7.47. The summed E-state index contributed by atoms with van der Waals surface area (Å²) in [6.45, 7) is -0.880. The van der Waals surface area contributed by atoms with Gasteiger partial charge >= 0.3 is 12.6 Å². The molecule has 0 radical (unpaired) electrons. The van der Waals surface area contributed by atoms with Gasteiger partial charge in [-0.3, -0.25) is 9.59 Å². The first kappa shape index (κ1) is 18.0. The summed E-state index contributed by atoms with van der Waals surface area (Å²) < 4.78 is 34.8. The fraction of sp³-hybridized carbons (Fsp3) is 0.500. The molecule has 2 unspecified atom stereocenters. The van der Waals surface area contributed by atoms with Gasteiger partial charge in [-0.2, -0.15) is 8.78 Å². The van der Waals surface area contributed by atoms with Gasteiger partial charge in [-0.15, -0.1) is 0 Å². The van der Waals surface area contributed by atoms with Crippen LogP contribution in [0.1, 0.15) is 23.7 Å². The number of halogens is 2. The molecule has 1 saturated heterocycles. The van der Waals surface area contributed by atoms with Crippen molar-refractivity contribution in [2.24, 2.45) is 11.8 Å². The van der Waals surface area contributed by atoms with E-state index in [0.29, 0.717) is 13.0 Å². The maximum atomic E-state index is 12.7. The number of rotatable bonds is 5. The number of amides is 1. The van der Waals surface area contributed by atoms with Crippen LogP contribution in [0.15, 0.2) is 18.2 Å². The molecule has 0 saturated carbocycles. The largest absolute Gasteiger partial charge is 0.493 e. The van der Waals surface area contributed by atoms with Crippen LogP contribution in [0.2, 0.25) is 0 Å². The van der Waals surface area contributed by atoms with E-state index in [1.165, 1.54) is 30.2 Å². The molecule has 1 aromatic rings. The second kappa shape index (κ2) is 7.46. The molecule has 6 nitrogen and oxygen atoms in total. The summed E-state index contributed by atoms with van der Waals surface area (Å²) in [6, 6.07) is 4.26. The van der Waals surface area contributed by atoms with Crippen LogP contribution in [0.4, 0.5) is 8.78 Å². The standard InChI is InChI=1S/C16H19F2NO5/c1-9-6-10(15(21)22)8-19(7-9)14(20)11-4-3-5-12(23-2)13(11)24-16(17)18/h3-5,9-10,16H,6-8H2,1-2H3,(H,21,22). The number of carboxylic acid groups (broad SMARTS) is 1. The van der Waals surface area contributed by atoms with Crippen molar-refractivity contribution in [3.05, 3.63) is 23.8 Å². The van der Waals surface area contributed by atoms with Crippen molar-refractivity contribution < 1.29 is 33.0 Å². The first-order chi connectivity index (χ1) is 11.3. The number of para-hydroxylation sites is 1. The number of alkyl halides is 2. The van der Waals surface area contributed by atoms with Gasteiger partial charge in [0.1, 0.15) is 0 Å². The molecular formula is C16H19F2NO5. The highest BCUT2D eigenvalue weighted by molar-refractivity contribution is 5.98. The number of nitrogens with zero attached hydrogens (tertiary/aromatic N) is 1. The summed E-state index contributed by atoms with van der Waals surface area (Å²) in [5, 5.41) is 9.20. The quantitative estimate of drug-likeness (QED) is 0.889. The number of hydrogen-bond acceptors (Lipinski definition) is 4. The molecule has 1 N–H and O–H groups in total. The Morgan fingerprint density at radius 2 is 2.04 bits per heavy atom. The molecule has 132 valence electrons. The Balaban J connectivity index is 2.33. The van der Waals surface area contributed by atoms with Gasteiger partial charge in [0, 0.05) is 13.1 Å². The van der Waals surface area contributed by atoms with E-state index in [0.717, 1.165) is 0 Å². The van der Waals surface area contributed by atoms with Crippen LogP contribution in [0.25, 0.3) is 0 Å². The molecule has 2 atom stereocenters. The number of hydrogen-bond donors (Lipinski definition) is 1. The summed E-state index contributed by atoms with van der Waals surface area (Å²) in [5.74, 6) is -2.54. The lowest BCUT2D eigenvalue weighted by atomic mass is 9.90. The van der Waals surface area contributed by atoms with Crippen molar-refractivity contribution in [2.75, 3.05) is 20.2 Å². The van der Waals surface area contributed by atoms with Crippen LogP contribution in [0.5, 0.6) is 11.5 Å². The van der Waals surface area contributed by atoms with Crippen molar-refractivity contribution in [3.63, 3.8) is 0 Å². The second-order valence-electron chi connectivity index (χ2n) is 5.80. The van der Waals surface area contributed by atoms with Gasteiger partial charge in [-0.25, -0.2) is 0 Å². The fourth-order valence-electron chi connectivity index (χ4n) is 2.92. The Labute approximate surface area is 138 Å². The maximum absolute atomic E-state index is 12.7. The number of likely N-dealkylation sites (tertiary alicyclic amines) is 1. The van der Waals surface area contributed by atoms with Gasteiger partial charge in [0.2, 0.25) is 0 Å². The van der Waals surface area contributed by atoms with Crippen molar-refractivity contribution >= 4 is 11.9 Å². The van der Waals surface area contributed by atoms with Crippen LogP contribution in [0, 0.1) is 11.8 Å². The molecular weight excluding hydrogens is 324 g/mol. The van der Waals surface area contributed by atoms with Gasteiger partial charge < -0.3 is 19.5 Å². The summed E-state index contributed by atoms with van der Waals surface area (Å²) in [6.07, 6.45) is 0.470. The third kappa shape index (κ3) is 3.93. The monoisotopic (exact) mass is 343 g/mol. The Hall–Kier alpha value is -2.38. The molecule has 2 rings (SSSR count). The normalized spacial score (nSPS) is 20.8. The maximum Gasteiger partial charge on any atom is 0.387 e. The minimum atomic E-state index is -3.11. The SMILES string of the molecule is COc1cccc(C(=O)N2CC(C)CC(C(=O)O)C2)c1OC(F)F. The third-order valence-electron chi connectivity index (χ3n) is 3.93. The molecule has 1 aromatic carbocycles. The number of carboxylic acids is 1. The highest BCUT2D eigenvalue weighted by Crippen LogP contribution is 2.34. The highest BCUT2D eigenvalue weighted by atomic mass is 19.3. The molecule has 0 bridgehead atoms. The molecule has 0 aromatic heterocycles. The third-order valence-corrected chi connectivity index (χ3v) is 3.93. The van der Waals surface area contributed by atoms with E-state index in [1.807, 2.05) is 6.92 Å². The molecule has 0 aliphatic carbocycles. The Bertz CT molecular complexity index is 622. The van der Waals surface area contributed by atoms with E-state index in [1.54, 1.807) is 0 Å². The lowest BCUT2D eigenvalue weighted by Gasteiger charge is -2.35. The fourth-order valence-corrected chi connectivity index (χ4v) is 2.92.